The summed E-state index contributed by atoms with van der Waals surface area (Å²) in [6, 6.07) is 5.16. The Balaban J connectivity index is 1.82. The Hall–Kier alpha value is -1.29. The van der Waals surface area contributed by atoms with E-state index in [1.807, 2.05) is 12.1 Å². The van der Waals surface area contributed by atoms with Gasteiger partial charge in [0, 0.05) is 36.6 Å². The molecule has 1 atom stereocenters. The highest BCUT2D eigenvalue weighted by atomic mass is 15.2. The lowest BCUT2D eigenvalue weighted by Gasteiger charge is -2.25. The van der Waals surface area contributed by atoms with Gasteiger partial charge in [0.25, 0.3) is 0 Å². The molecule has 0 aromatic carbocycles. The Labute approximate surface area is 96.8 Å². The molecule has 1 aromatic rings. The molecule has 0 bridgehead atoms. The van der Waals surface area contributed by atoms with Gasteiger partial charge in [-0.3, -0.25) is 4.90 Å². The third kappa shape index (κ3) is 2.85. The zero-order chi connectivity index (χ0) is 11.5. The predicted molar refractivity (Wildman–Crippen MR) is 67.4 cm³/mol. The number of likely N-dealkylation sites (N-methyl/N-ethyl adjacent to an activating group) is 1. The van der Waals surface area contributed by atoms with Crippen LogP contribution < -0.4 is 11.1 Å². The molecule has 16 heavy (non-hydrogen) atoms. The summed E-state index contributed by atoms with van der Waals surface area (Å²) in [5.41, 5.74) is 6.67. The Morgan fingerprint density at radius 2 is 2.38 bits per heavy atom. The summed E-state index contributed by atoms with van der Waals surface area (Å²) in [5, 5.41) is 3.39. The van der Waals surface area contributed by atoms with Crippen LogP contribution in [0.25, 0.3) is 0 Å². The zero-order valence-electron chi connectivity index (χ0n) is 9.98. The van der Waals surface area contributed by atoms with Crippen LogP contribution in [0.15, 0.2) is 18.3 Å². The minimum atomic E-state index is 0.543. The first kappa shape index (κ1) is 11.2. The van der Waals surface area contributed by atoms with E-state index in [0.29, 0.717) is 11.9 Å². The molecule has 1 unspecified atom stereocenters. The lowest BCUT2D eigenvalue weighted by atomic mass is 10.2. The third-order valence-electron chi connectivity index (χ3n) is 3.20. The molecule has 0 radical (unpaired) electrons. The molecule has 1 aliphatic rings. The van der Waals surface area contributed by atoms with Crippen LogP contribution in [-0.2, 0) is 0 Å². The number of nitrogens with two attached hydrogens (primary N) is 1. The van der Waals surface area contributed by atoms with E-state index in [-0.39, 0.29) is 0 Å². The number of hydrogen-bond donors (Lipinski definition) is 2. The van der Waals surface area contributed by atoms with Crippen molar-refractivity contribution in [2.24, 2.45) is 0 Å². The van der Waals surface area contributed by atoms with Crippen molar-refractivity contribution < 1.29 is 0 Å². The third-order valence-corrected chi connectivity index (χ3v) is 3.20. The largest absolute Gasteiger partial charge is 0.384 e. The molecule has 1 aromatic heterocycles. The molecular weight excluding hydrogens is 200 g/mol. The molecule has 2 rings (SSSR count). The molecule has 4 nitrogen and oxygen atoms in total. The topological polar surface area (TPSA) is 54.2 Å². The SMILES string of the molecule is CC(CNc1ccnc(N)c1)N(C)C1CC1. The number of anilines is 2. The number of pyridine rings is 1. The summed E-state index contributed by atoms with van der Waals surface area (Å²) in [6.07, 6.45) is 4.43. The molecule has 1 saturated carbocycles. The van der Waals surface area contributed by atoms with E-state index in [4.69, 9.17) is 5.73 Å². The van der Waals surface area contributed by atoms with Gasteiger partial charge in [-0.1, -0.05) is 0 Å². The molecule has 88 valence electrons. The van der Waals surface area contributed by atoms with Crippen LogP contribution in [0.4, 0.5) is 11.5 Å². The predicted octanol–water partition coefficient (Wildman–Crippen LogP) is 1.56. The van der Waals surface area contributed by atoms with Crippen LogP contribution in [0.3, 0.4) is 0 Å². The average molecular weight is 220 g/mol. The quantitative estimate of drug-likeness (QED) is 0.790. The van der Waals surface area contributed by atoms with E-state index >= 15 is 0 Å². The van der Waals surface area contributed by atoms with E-state index in [1.54, 1.807) is 6.20 Å². The molecule has 0 amide bonds. The minimum absolute atomic E-state index is 0.543. The summed E-state index contributed by atoms with van der Waals surface area (Å²) in [6.45, 7) is 3.19. The maximum absolute atomic E-state index is 5.62. The number of hydrogen-bond acceptors (Lipinski definition) is 4. The Kier molecular flexibility index (Phi) is 3.29. The maximum Gasteiger partial charge on any atom is 0.125 e. The minimum Gasteiger partial charge on any atom is -0.384 e. The van der Waals surface area contributed by atoms with Crippen molar-refractivity contribution in [2.45, 2.75) is 31.8 Å². The summed E-state index contributed by atoms with van der Waals surface area (Å²) in [5.74, 6) is 0.563. The summed E-state index contributed by atoms with van der Waals surface area (Å²) < 4.78 is 0. The first-order valence-electron chi connectivity index (χ1n) is 5.84. The molecule has 3 N–H and O–H groups in total. The second kappa shape index (κ2) is 4.70. The van der Waals surface area contributed by atoms with E-state index in [1.165, 1.54) is 12.8 Å². The van der Waals surface area contributed by atoms with Gasteiger partial charge in [-0.15, -0.1) is 0 Å². The van der Waals surface area contributed by atoms with Crippen LogP contribution in [0.1, 0.15) is 19.8 Å². The number of nitrogen functional groups attached to an aromatic ring is 1. The van der Waals surface area contributed by atoms with Gasteiger partial charge < -0.3 is 11.1 Å². The highest BCUT2D eigenvalue weighted by Gasteiger charge is 2.28. The van der Waals surface area contributed by atoms with E-state index < -0.39 is 0 Å². The fourth-order valence-corrected chi connectivity index (χ4v) is 1.81. The first-order chi connectivity index (χ1) is 7.66. The first-order valence-corrected chi connectivity index (χ1v) is 5.84. The fourth-order valence-electron chi connectivity index (χ4n) is 1.81. The molecule has 1 fully saturated rings. The standard InChI is InChI=1S/C12H20N4/c1-9(16(2)11-3-4-11)8-15-10-5-6-14-12(13)7-10/h5-7,9,11H,3-4,8H2,1-2H3,(H3,13,14,15). The van der Waals surface area contributed by atoms with Gasteiger partial charge in [0.05, 0.1) is 0 Å². The lowest BCUT2D eigenvalue weighted by Crippen LogP contribution is -2.36. The molecule has 1 heterocycles. The Morgan fingerprint density at radius 1 is 1.62 bits per heavy atom. The summed E-state index contributed by atoms with van der Waals surface area (Å²) >= 11 is 0. The van der Waals surface area contributed by atoms with Crippen LogP contribution >= 0.6 is 0 Å². The van der Waals surface area contributed by atoms with Crippen molar-refractivity contribution in [3.8, 4) is 0 Å². The van der Waals surface area contributed by atoms with Crippen molar-refractivity contribution in [3.05, 3.63) is 18.3 Å². The van der Waals surface area contributed by atoms with Crippen molar-refractivity contribution in [1.29, 1.82) is 0 Å². The molecule has 1 aliphatic carbocycles. The molecule has 0 spiro atoms. The van der Waals surface area contributed by atoms with Gasteiger partial charge in [-0.2, -0.15) is 0 Å². The van der Waals surface area contributed by atoms with Crippen molar-refractivity contribution >= 4 is 11.5 Å². The number of nitrogens with zero attached hydrogens (tertiary/aromatic N) is 2. The van der Waals surface area contributed by atoms with Crippen LogP contribution in [0.5, 0.6) is 0 Å². The average Bonchev–Trinajstić information content (AvgIpc) is 3.09. The second-order valence-corrected chi connectivity index (χ2v) is 4.60. The fraction of sp³-hybridized carbons (Fsp3) is 0.583. The van der Waals surface area contributed by atoms with Crippen molar-refractivity contribution in [2.75, 3.05) is 24.6 Å². The smallest absolute Gasteiger partial charge is 0.125 e. The van der Waals surface area contributed by atoms with Gasteiger partial charge in [-0.25, -0.2) is 4.98 Å². The number of rotatable bonds is 5. The molecule has 0 aliphatic heterocycles. The van der Waals surface area contributed by atoms with E-state index in [2.05, 4.69) is 29.2 Å². The van der Waals surface area contributed by atoms with Crippen LogP contribution in [-0.4, -0.2) is 35.6 Å². The van der Waals surface area contributed by atoms with Gasteiger partial charge in [0.15, 0.2) is 0 Å². The number of aromatic nitrogens is 1. The highest BCUT2D eigenvalue weighted by Crippen LogP contribution is 2.26. The Morgan fingerprint density at radius 3 is 3.00 bits per heavy atom. The summed E-state index contributed by atoms with van der Waals surface area (Å²) in [4.78, 5) is 6.41. The Bertz CT molecular complexity index is 349. The van der Waals surface area contributed by atoms with Gasteiger partial charge in [0.1, 0.15) is 5.82 Å². The van der Waals surface area contributed by atoms with E-state index in [0.717, 1.165) is 18.3 Å². The zero-order valence-corrected chi connectivity index (χ0v) is 9.98. The number of nitrogens with one attached hydrogen (secondary N) is 1. The maximum atomic E-state index is 5.62. The van der Waals surface area contributed by atoms with Gasteiger partial charge in [-0.05, 0) is 32.9 Å². The van der Waals surface area contributed by atoms with Crippen molar-refractivity contribution in [1.82, 2.24) is 9.88 Å². The monoisotopic (exact) mass is 220 g/mol. The van der Waals surface area contributed by atoms with Gasteiger partial charge in [0.2, 0.25) is 0 Å². The van der Waals surface area contributed by atoms with Crippen LogP contribution in [0.2, 0.25) is 0 Å². The highest BCUT2D eigenvalue weighted by molar-refractivity contribution is 5.49. The summed E-state index contributed by atoms with van der Waals surface area (Å²) in [7, 11) is 2.20. The lowest BCUT2D eigenvalue weighted by molar-refractivity contribution is 0.257. The van der Waals surface area contributed by atoms with Gasteiger partial charge >= 0.3 is 0 Å². The molecular formula is C12H20N4. The van der Waals surface area contributed by atoms with Crippen LogP contribution in [0, 0.1) is 0 Å². The molecule has 0 saturated heterocycles. The second-order valence-electron chi connectivity index (χ2n) is 4.60. The van der Waals surface area contributed by atoms with E-state index in [9.17, 15) is 0 Å². The molecule has 4 heteroatoms. The normalized spacial score (nSPS) is 17.4. The van der Waals surface area contributed by atoms with Crippen molar-refractivity contribution in [3.63, 3.8) is 0 Å².